The van der Waals surface area contributed by atoms with Gasteiger partial charge in [0.05, 0.1) is 13.2 Å². The Labute approximate surface area is 595 Å². The maximum atomic E-state index is 12.8. The van der Waals surface area contributed by atoms with Crippen LogP contribution in [-0.4, -0.2) is 49.3 Å². The molecule has 546 valence electrons. The van der Waals surface area contributed by atoms with Crippen molar-refractivity contribution >= 4 is 19.8 Å². The molecule has 10 heteroatoms. The average Bonchev–Trinajstić information content (AvgIpc) is 2.88. The molecule has 0 aliphatic carbocycles. The summed E-state index contributed by atoms with van der Waals surface area (Å²) in [5, 5.41) is 0. The number of phosphoric acid groups is 1. The molecule has 0 saturated heterocycles. The lowest BCUT2D eigenvalue weighted by Crippen LogP contribution is -2.29. The highest BCUT2D eigenvalue weighted by Crippen LogP contribution is 2.43. The Kier molecular flexibility index (Phi) is 75.1. The zero-order valence-electron chi connectivity index (χ0n) is 61.5. The SMILES string of the molecule is CC/C=C\C/C=C\C/C=C\C/C=C\C/C=C\C/C=C\C/C=C\C/C=C\C/C=C\C/C=C\CCCCCCCCCCC(=O)OC(COC(=O)CCCCCCCCCCCCCCCCC/C=C\C/C=C\C/C=C\C/C=C\C/C=C\C/C=C\C/C=C\CC)COP(=O)(O)OCCN. The van der Waals surface area contributed by atoms with Crippen LogP contribution in [0, 0.1) is 0 Å². The molecule has 0 rings (SSSR count). The number of carbonyl (C=O) groups is 2. The van der Waals surface area contributed by atoms with Crippen LogP contribution >= 0.6 is 7.82 Å². The predicted molar refractivity (Wildman–Crippen MR) is 421 cm³/mol. The van der Waals surface area contributed by atoms with Gasteiger partial charge in [-0.3, -0.25) is 18.6 Å². The van der Waals surface area contributed by atoms with E-state index in [1.54, 1.807) is 0 Å². The molecular formula is C87H140NO8P. The molecule has 0 aromatic rings. The van der Waals surface area contributed by atoms with Crippen molar-refractivity contribution < 1.29 is 37.6 Å². The van der Waals surface area contributed by atoms with E-state index in [-0.39, 0.29) is 38.6 Å². The summed E-state index contributed by atoms with van der Waals surface area (Å²) in [4.78, 5) is 35.5. The summed E-state index contributed by atoms with van der Waals surface area (Å²) < 4.78 is 33.2. The molecule has 3 N–H and O–H groups in total. The average molecular weight is 1360 g/mol. The largest absolute Gasteiger partial charge is 0.472 e. The lowest BCUT2D eigenvalue weighted by atomic mass is 10.0. The number of phosphoric ester groups is 1. The Morgan fingerprint density at radius 2 is 0.536 bits per heavy atom. The van der Waals surface area contributed by atoms with Gasteiger partial charge in [0.1, 0.15) is 6.61 Å². The molecule has 0 heterocycles. The molecule has 0 aromatic heterocycles. The smallest absolute Gasteiger partial charge is 0.462 e. The van der Waals surface area contributed by atoms with Crippen LogP contribution in [0.4, 0.5) is 0 Å². The van der Waals surface area contributed by atoms with E-state index < -0.39 is 26.5 Å². The minimum absolute atomic E-state index is 0.0429. The third-order valence-corrected chi connectivity index (χ3v) is 16.6. The van der Waals surface area contributed by atoms with Crippen molar-refractivity contribution in [1.82, 2.24) is 0 Å². The molecule has 97 heavy (non-hydrogen) atoms. The molecule has 0 amide bonds. The summed E-state index contributed by atoms with van der Waals surface area (Å²) in [6, 6.07) is 0. The maximum Gasteiger partial charge on any atom is 0.472 e. The number of esters is 2. The van der Waals surface area contributed by atoms with Gasteiger partial charge in [-0.1, -0.05) is 342 Å². The van der Waals surface area contributed by atoms with Crippen LogP contribution in [0.25, 0.3) is 0 Å². The molecule has 0 fully saturated rings. The van der Waals surface area contributed by atoms with Crippen molar-refractivity contribution in [1.29, 1.82) is 0 Å². The quantitative estimate of drug-likeness (QED) is 0.0264. The van der Waals surface area contributed by atoms with Gasteiger partial charge in [-0.05, 0) is 148 Å². The standard InChI is InChI=1S/C87H140NO8P/c1-3-5-7-9-11-13-15-17-19-21-23-25-27-29-31-33-35-37-39-41-42-44-46-48-50-52-54-56-58-60-62-64-66-68-70-72-74-76-78-80-87(90)96-85(84-95-97(91,92)94-82-81-88)83-93-86(89)79-77-75-73-71-69-67-65-63-61-59-57-55-53-51-49-47-45-43-40-38-36-34-32-30-28-26-24-22-20-18-16-14-12-10-8-6-4-2/h5-8,11-14,17-20,23-26,29-32,35-38,41-43,45-46,48,52,54,58,60,85H,3-4,9-10,15-16,21-22,27-28,33-34,39-40,44,47,49-51,53,55-57,59,61-84,88H2,1-2H3,(H,91,92)/b7-5-,8-6-,13-11-,14-12-,19-17-,20-18-,25-23-,26-24-,31-29-,32-30-,37-35-,38-36-,42-41-,45-43-,48-46-,54-52-,60-58-. The number of hydrogen-bond acceptors (Lipinski definition) is 8. The fourth-order valence-corrected chi connectivity index (χ4v) is 10.8. The highest BCUT2D eigenvalue weighted by atomic mass is 31.2. The first kappa shape index (κ1) is 91.6. The van der Waals surface area contributed by atoms with Gasteiger partial charge in [0, 0.05) is 19.4 Å². The number of carbonyl (C=O) groups excluding carboxylic acids is 2. The number of hydrogen-bond donors (Lipinski definition) is 2. The van der Waals surface area contributed by atoms with Crippen LogP contribution in [0.15, 0.2) is 207 Å². The first-order valence-electron chi connectivity index (χ1n) is 38.6. The van der Waals surface area contributed by atoms with Gasteiger partial charge in [-0.2, -0.15) is 0 Å². The molecule has 9 nitrogen and oxygen atoms in total. The summed E-state index contributed by atoms with van der Waals surface area (Å²) in [5.74, 6) is -0.844. The molecule has 0 bridgehead atoms. The van der Waals surface area contributed by atoms with Gasteiger partial charge in [-0.15, -0.1) is 0 Å². The lowest BCUT2D eigenvalue weighted by molar-refractivity contribution is -0.161. The summed E-state index contributed by atoms with van der Waals surface area (Å²) in [5.41, 5.74) is 5.41. The van der Waals surface area contributed by atoms with Crippen LogP contribution in [-0.2, 0) is 32.7 Å². The zero-order chi connectivity index (χ0) is 70.0. The highest BCUT2D eigenvalue weighted by molar-refractivity contribution is 7.47. The normalized spacial score (nSPS) is 14.1. The summed E-state index contributed by atoms with van der Waals surface area (Å²) in [6.07, 6.45) is 122. The van der Waals surface area contributed by atoms with Crippen LogP contribution < -0.4 is 5.73 Å². The van der Waals surface area contributed by atoms with Crippen LogP contribution in [0.2, 0.25) is 0 Å². The van der Waals surface area contributed by atoms with Crippen molar-refractivity contribution in [3.8, 4) is 0 Å². The molecule has 0 aliphatic rings. The van der Waals surface area contributed by atoms with Gasteiger partial charge >= 0.3 is 19.8 Å². The monoisotopic (exact) mass is 1360 g/mol. The second-order valence-corrected chi connectivity index (χ2v) is 26.2. The fourth-order valence-electron chi connectivity index (χ4n) is 10.1. The predicted octanol–water partition coefficient (Wildman–Crippen LogP) is 26.2. The Morgan fingerprint density at radius 3 is 0.794 bits per heavy atom. The van der Waals surface area contributed by atoms with Crippen molar-refractivity contribution in [3.63, 3.8) is 0 Å². The van der Waals surface area contributed by atoms with E-state index in [1.807, 2.05) is 0 Å². The molecule has 0 aromatic carbocycles. The topological polar surface area (TPSA) is 134 Å². The molecule has 0 saturated carbocycles. The van der Waals surface area contributed by atoms with Gasteiger partial charge in [-0.25, -0.2) is 4.57 Å². The second-order valence-electron chi connectivity index (χ2n) is 24.8. The van der Waals surface area contributed by atoms with Crippen molar-refractivity contribution in [2.45, 2.75) is 302 Å². The van der Waals surface area contributed by atoms with Crippen molar-refractivity contribution in [3.05, 3.63) is 207 Å². The Morgan fingerprint density at radius 1 is 0.309 bits per heavy atom. The third-order valence-electron chi connectivity index (χ3n) is 15.7. The van der Waals surface area contributed by atoms with Gasteiger partial charge in [0.25, 0.3) is 0 Å². The molecule has 2 atom stereocenters. The van der Waals surface area contributed by atoms with E-state index in [2.05, 4.69) is 220 Å². The van der Waals surface area contributed by atoms with Crippen molar-refractivity contribution in [2.75, 3.05) is 26.4 Å². The van der Waals surface area contributed by atoms with E-state index in [0.717, 1.165) is 154 Å². The number of allylic oxidation sites excluding steroid dienone is 34. The number of unbranched alkanes of at least 4 members (excludes halogenated alkanes) is 23. The lowest BCUT2D eigenvalue weighted by Gasteiger charge is -2.19. The van der Waals surface area contributed by atoms with Crippen LogP contribution in [0.1, 0.15) is 296 Å². The summed E-state index contributed by atoms with van der Waals surface area (Å²) in [7, 11) is -4.41. The summed E-state index contributed by atoms with van der Waals surface area (Å²) >= 11 is 0. The zero-order valence-corrected chi connectivity index (χ0v) is 62.4. The first-order chi connectivity index (χ1) is 47.8. The Balaban J connectivity index is 3.94. The Hall–Kier alpha value is -5.41. The fraction of sp³-hybridized carbons (Fsp3) is 0.586. The minimum Gasteiger partial charge on any atom is -0.462 e. The van der Waals surface area contributed by atoms with Gasteiger partial charge in [0.2, 0.25) is 0 Å². The second kappa shape index (κ2) is 79.6. The third kappa shape index (κ3) is 79.5. The molecule has 0 radical (unpaired) electrons. The van der Waals surface area contributed by atoms with E-state index >= 15 is 0 Å². The van der Waals surface area contributed by atoms with Crippen LogP contribution in [0.3, 0.4) is 0 Å². The van der Waals surface area contributed by atoms with E-state index in [0.29, 0.717) is 6.42 Å². The maximum absolute atomic E-state index is 12.8. The molecule has 2 unspecified atom stereocenters. The molecular weight excluding hydrogens is 1220 g/mol. The number of rotatable bonds is 70. The molecule has 0 spiro atoms. The van der Waals surface area contributed by atoms with E-state index in [4.69, 9.17) is 24.3 Å². The Bertz CT molecular complexity index is 2350. The van der Waals surface area contributed by atoms with E-state index in [1.165, 1.54) is 109 Å². The van der Waals surface area contributed by atoms with Crippen LogP contribution in [0.5, 0.6) is 0 Å². The first-order valence-corrected chi connectivity index (χ1v) is 40.1. The number of ether oxygens (including phenoxy) is 2. The highest BCUT2D eigenvalue weighted by Gasteiger charge is 2.26. The number of nitrogens with two attached hydrogens (primary N) is 1. The minimum atomic E-state index is -4.41. The van der Waals surface area contributed by atoms with Gasteiger partial charge in [0.15, 0.2) is 6.10 Å². The van der Waals surface area contributed by atoms with Crippen molar-refractivity contribution in [2.24, 2.45) is 5.73 Å². The van der Waals surface area contributed by atoms with Gasteiger partial charge < -0.3 is 20.1 Å². The summed E-state index contributed by atoms with van der Waals surface area (Å²) in [6.45, 7) is 3.50. The molecule has 0 aliphatic heterocycles. The van der Waals surface area contributed by atoms with E-state index in [9.17, 15) is 19.0 Å².